The molecule has 0 bridgehead atoms. The number of nitrogens with zero attached hydrogens (tertiary/aromatic N) is 1. The van der Waals surface area contributed by atoms with Gasteiger partial charge >= 0.3 is 0 Å². The molecule has 0 radical (unpaired) electrons. The van der Waals surface area contributed by atoms with Crippen molar-refractivity contribution in [1.29, 1.82) is 0 Å². The van der Waals surface area contributed by atoms with Crippen LogP contribution < -0.4 is 5.32 Å². The summed E-state index contributed by atoms with van der Waals surface area (Å²) in [5.74, 6) is -1.13. The Hall–Kier alpha value is -1.71. The zero-order valence-electron chi connectivity index (χ0n) is 7.76. The number of carbonyl (C=O) groups excluding carboxylic acids is 2. The SMILES string of the molecule is C=CN=C1NC(=O)C(=O)C1=C.CC. The number of amides is 1. The highest BCUT2D eigenvalue weighted by Gasteiger charge is 2.30. The van der Waals surface area contributed by atoms with Crippen LogP contribution in [0.25, 0.3) is 0 Å². The molecule has 0 aromatic rings. The minimum Gasteiger partial charge on any atom is -0.303 e. The van der Waals surface area contributed by atoms with Crippen molar-refractivity contribution in [2.75, 3.05) is 0 Å². The number of amidine groups is 1. The summed E-state index contributed by atoms with van der Waals surface area (Å²) in [6.07, 6.45) is 1.24. The molecule has 1 heterocycles. The summed E-state index contributed by atoms with van der Waals surface area (Å²) < 4.78 is 0. The summed E-state index contributed by atoms with van der Waals surface area (Å²) in [6.45, 7) is 10.7. The fraction of sp³-hybridized carbons (Fsp3) is 0.222. The number of aliphatic imine (C=N–C) groups is 1. The van der Waals surface area contributed by atoms with Gasteiger partial charge in [0.1, 0.15) is 5.84 Å². The molecule has 70 valence electrons. The van der Waals surface area contributed by atoms with Gasteiger partial charge in [0.05, 0.1) is 5.57 Å². The number of nitrogens with one attached hydrogen (secondary N) is 1. The second-order valence-corrected chi connectivity index (χ2v) is 1.92. The maximum Gasteiger partial charge on any atom is 0.298 e. The minimum atomic E-state index is -0.685. The van der Waals surface area contributed by atoms with E-state index in [-0.39, 0.29) is 11.4 Å². The van der Waals surface area contributed by atoms with Crippen LogP contribution in [0.5, 0.6) is 0 Å². The Kier molecular flexibility index (Phi) is 4.37. The second-order valence-electron chi connectivity index (χ2n) is 1.92. The first-order valence-corrected chi connectivity index (χ1v) is 3.90. The van der Waals surface area contributed by atoms with Crippen molar-refractivity contribution >= 4 is 17.5 Å². The lowest BCUT2D eigenvalue weighted by molar-refractivity contribution is -0.133. The molecule has 1 rings (SSSR count). The molecule has 1 saturated heterocycles. The maximum atomic E-state index is 10.8. The molecule has 0 aromatic heterocycles. The Bertz CT molecular complexity index is 290. The molecule has 1 N–H and O–H groups in total. The fourth-order valence-electron chi connectivity index (χ4n) is 0.686. The van der Waals surface area contributed by atoms with Crippen molar-refractivity contribution in [3.05, 3.63) is 24.9 Å². The highest BCUT2D eigenvalue weighted by Crippen LogP contribution is 2.03. The number of Topliss-reactive ketones (excluding diaryl/α,β-unsaturated/α-hetero) is 1. The molecule has 4 heteroatoms. The molecule has 0 aliphatic carbocycles. The normalized spacial score (nSPS) is 18.0. The molecular formula is C9H12N2O2. The van der Waals surface area contributed by atoms with Crippen molar-refractivity contribution in [1.82, 2.24) is 5.32 Å². The van der Waals surface area contributed by atoms with Crippen LogP contribution in [0.1, 0.15) is 13.8 Å². The van der Waals surface area contributed by atoms with Crippen molar-refractivity contribution in [3.63, 3.8) is 0 Å². The first-order valence-electron chi connectivity index (χ1n) is 3.90. The van der Waals surface area contributed by atoms with Gasteiger partial charge < -0.3 is 5.32 Å². The zero-order valence-corrected chi connectivity index (χ0v) is 7.76. The lowest BCUT2D eigenvalue weighted by Gasteiger charge is -1.89. The van der Waals surface area contributed by atoms with Crippen LogP contribution in [-0.4, -0.2) is 17.5 Å². The van der Waals surface area contributed by atoms with E-state index in [0.717, 1.165) is 0 Å². The summed E-state index contributed by atoms with van der Waals surface area (Å²) >= 11 is 0. The average molecular weight is 180 g/mol. The number of carbonyl (C=O) groups is 2. The molecule has 1 aliphatic rings. The smallest absolute Gasteiger partial charge is 0.298 e. The van der Waals surface area contributed by atoms with Crippen molar-refractivity contribution in [2.45, 2.75) is 13.8 Å². The summed E-state index contributed by atoms with van der Waals surface area (Å²) in [7, 11) is 0. The van der Waals surface area contributed by atoms with Gasteiger partial charge in [0, 0.05) is 6.20 Å². The molecule has 1 fully saturated rings. The van der Waals surface area contributed by atoms with Crippen LogP contribution in [0.2, 0.25) is 0 Å². The maximum absolute atomic E-state index is 10.8. The second kappa shape index (κ2) is 5.03. The van der Waals surface area contributed by atoms with E-state index in [0.29, 0.717) is 0 Å². The Labute approximate surface area is 77.0 Å². The van der Waals surface area contributed by atoms with Crippen LogP contribution in [0, 0.1) is 0 Å². The first-order chi connectivity index (χ1) is 6.16. The van der Waals surface area contributed by atoms with Gasteiger partial charge in [-0.2, -0.15) is 0 Å². The monoisotopic (exact) mass is 180 g/mol. The summed E-state index contributed by atoms with van der Waals surface area (Å²) in [5.41, 5.74) is 0.0925. The van der Waals surface area contributed by atoms with E-state index in [9.17, 15) is 9.59 Å². The molecule has 13 heavy (non-hydrogen) atoms. The van der Waals surface area contributed by atoms with Gasteiger partial charge in [0.25, 0.3) is 11.7 Å². The van der Waals surface area contributed by atoms with Crippen molar-refractivity contribution < 1.29 is 9.59 Å². The van der Waals surface area contributed by atoms with E-state index in [1.165, 1.54) is 6.20 Å². The zero-order chi connectivity index (χ0) is 10.4. The highest BCUT2D eigenvalue weighted by atomic mass is 16.2. The molecule has 0 spiro atoms. The fourth-order valence-corrected chi connectivity index (χ4v) is 0.686. The van der Waals surface area contributed by atoms with Crippen molar-refractivity contribution in [3.8, 4) is 0 Å². The summed E-state index contributed by atoms with van der Waals surface area (Å²) in [4.78, 5) is 25.0. The largest absolute Gasteiger partial charge is 0.303 e. The molecule has 0 saturated carbocycles. The Balaban J connectivity index is 0.000000671. The van der Waals surface area contributed by atoms with E-state index < -0.39 is 11.7 Å². The quantitative estimate of drug-likeness (QED) is 0.479. The predicted molar refractivity (Wildman–Crippen MR) is 51.3 cm³/mol. The van der Waals surface area contributed by atoms with Crippen LogP contribution >= 0.6 is 0 Å². The number of rotatable bonds is 1. The minimum absolute atomic E-state index is 0.0925. The highest BCUT2D eigenvalue weighted by molar-refractivity contribution is 6.57. The molecule has 1 aliphatic heterocycles. The van der Waals surface area contributed by atoms with Gasteiger partial charge in [-0.1, -0.05) is 27.0 Å². The average Bonchev–Trinajstić information content (AvgIpc) is 2.38. The number of ketones is 1. The van der Waals surface area contributed by atoms with Gasteiger partial charge in [0.15, 0.2) is 0 Å². The molecule has 0 aromatic carbocycles. The Morgan fingerprint density at radius 1 is 1.38 bits per heavy atom. The van der Waals surface area contributed by atoms with Gasteiger partial charge in [-0.05, 0) is 0 Å². The third kappa shape index (κ3) is 2.37. The molecule has 1 amide bonds. The van der Waals surface area contributed by atoms with Crippen LogP contribution in [-0.2, 0) is 9.59 Å². The van der Waals surface area contributed by atoms with E-state index in [1.807, 2.05) is 13.8 Å². The van der Waals surface area contributed by atoms with Crippen LogP contribution in [0.3, 0.4) is 0 Å². The van der Waals surface area contributed by atoms with Crippen molar-refractivity contribution in [2.24, 2.45) is 4.99 Å². The molecular weight excluding hydrogens is 168 g/mol. The van der Waals surface area contributed by atoms with Gasteiger partial charge in [-0.3, -0.25) is 9.59 Å². The van der Waals surface area contributed by atoms with Crippen LogP contribution in [0.4, 0.5) is 0 Å². The van der Waals surface area contributed by atoms with E-state index in [2.05, 4.69) is 23.5 Å². The van der Waals surface area contributed by atoms with Gasteiger partial charge in [-0.15, -0.1) is 0 Å². The number of hydrogen-bond acceptors (Lipinski definition) is 3. The number of hydrogen-bond donors (Lipinski definition) is 1. The molecule has 4 nitrogen and oxygen atoms in total. The summed E-state index contributed by atoms with van der Waals surface area (Å²) in [5, 5.41) is 2.25. The Morgan fingerprint density at radius 3 is 2.23 bits per heavy atom. The van der Waals surface area contributed by atoms with Crippen LogP contribution in [0.15, 0.2) is 29.9 Å². The van der Waals surface area contributed by atoms with Gasteiger partial charge in [0.2, 0.25) is 0 Å². The lowest BCUT2D eigenvalue weighted by Crippen LogP contribution is -2.21. The molecule has 0 unspecified atom stereocenters. The predicted octanol–water partition coefficient (Wildman–Crippen LogP) is 0.810. The first kappa shape index (κ1) is 11.3. The van der Waals surface area contributed by atoms with E-state index in [4.69, 9.17) is 0 Å². The summed E-state index contributed by atoms with van der Waals surface area (Å²) in [6, 6.07) is 0. The molecule has 0 atom stereocenters. The van der Waals surface area contributed by atoms with E-state index >= 15 is 0 Å². The van der Waals surface area contributed by atoms with Gasteiger partial charge in [-0.25, -0.2) is 4.99 Å². The topological polar surface area (TPSA) is 58.5 Å². The van der Waals surface area contributed by atoms with E-state index in [1.54, 1.807) is 0 Å². The third-order valence-corrected chi connectivity index (χ3v) is 1.22. The Morgan fingerprint density at radius 2 is 1.92 bits per heavy atom. The lowest BCUT2D eigenvalue weighted by atomic mass is 10.2. The third-order valence-electron chi connectivity index (χ3n) is 1.22. The standard InChI is InChI=1S/C7H6N2O2.C2H6/c1-3-8-6-4(2)5(10)7(11)9-6;1-2/h3H,1-2H2,(H,8,9,11);1-2H3.